The number of nitrogens with zero attached hydrogens (tertiary/aromatic N) is 1. The quantitative estimate of drug-likeness (QED) is 0.831. The molecule has 0 unspecified atom stereocenters. The summed E-state index contributed by atoms with van der Waals surface area (Å²) in [5, 5.41) is 0. The van der Waals surface area contributed by atoms with Gasteiger partial charge in [0.2, 0.25) is 5.91 Å². The van der Waals surface area contributed by atoms with Crippen LogP contribution in [0.4, 0.5) is 0 Å². The van der Waals surface area contributed by atoms with E-state index in [9.17, 15) is 9.59 Å². The Labute approximate surface area is 141 Å². The predicted octanol–water partition coefficient (Wildman–Crippen LogP) is 2.67. The first kappa shape index (κ1) is 16.2. The third-order valence-electron chi connectivity index (χ3n) is 4.01. The lowest BCUT2D eigenvalue weighted by Gasteiger charge is -2.15. The molecule has 1 aliphatic heterocycles. The van der Waals surface area contributed by atoms with Crippen molar-refractivity contribution in [2.24, 2.45) is 0 Å². The lowest BCUT2D eigenvalue weighted by molar-refractivity contribution is -0.128. The minimum Gasteiger partial charge on any atom is -0.338 e. The molecule has 0 atom stereocenters. The summed E-state index contributed by atoms with van der Waals surface area (Å²) in [6.45, 7) is 1.74. The van der Waals surface area contributed by atoms with E-state index in [4.69, 9.17) is 4.84 Å². The van der Waals surface area contributed by atoms with Crippen LogP contribution in [0.3, 0.4) is 0 Å². The van der Waals surface area contributed by atoms with Crippen LogP contribution in [0.2, 0.25) is 0 Å². The van der Waals surface area contributed by atoms with Crippen molar-refractivity contribution in [3.05, 3.63) is 71.3 Å². The second kappa shape index (κ2) is 7.75. The van der Waals surface area contributed by atoms with E-state index in [1.807, 2.05) is 47.4 Å². The summed E-state index contributed by atoms with van der Waals surface area (Å²) in [7, 11) is 0. The lowest BCUT2D eigenvalue weighted by Crippen LogP contribution is -2.24. The van der Waals surface area contributed by atoms with Gasteiger partial charge in [-0.25, -0.2) is 5.48 Å². The monoisotopic (exact) mass is 324 g/mol. The standard InChI is InChI=1S/C19H20N2O3/c22-18-7-4-12-21(18)13-15-8-10-17(11-9-15)19(23)20-24-14-16-5-2-1-3-6-16/h1-3,5-6,8-11H,4,7,12-14H2,(H,20,23). The number of nitrogens with one attached hydrogen (secondary N) is 1. The van der Waals surface area contributed by atoms with Crippen LogP contribution in [0.1, 0.15) is 34.3 Å². The van der Waals surface area contributed by atoms with Crippen molar-refractivity contribution < 1.29 is 14.4 Å². The average Bonchev–Trinajstić information content (AvgIpc) is 3.01. The molecule has 1 heterocycles. The summed E-state index contributed by atoms with van der Waals surface area (Å²) in [6, 6.07) is 16.9. The van der Waals surface area contributed by atoms with E-state index in [2.05, 4.69) is 5.48 Å². The van der Waals surface area contributed by atoms with Crippen LogP contribution in [0, 0.1) is 0 Å². The summed E-state index contributed by atoms with van der Waals surface area (Å²) in [6.07, 6.45) is 1.57. The summed E-state index contributed by atoms with van der Waals surface area (Å²) in [4.78, 5) is 30.8. The first-order valence-corrected chi connectivity index (χ1v) is 8.05. The molecule has 1 fully saturated rings. The third-order valence-corrected chi connectivity index (χ3v) is 4.01. The van der Waals surface area contributed by atoms with Crippen LogP contribution in [0.15, 0.2) is 54.6 Å². The van der Waals surface area contributed by atoms with E-state index in [-0.39, 0.29) is 11.8 Å². The van der Waals surface area contributed by atoms with Gasteiger partial charge in [-0.2, -0.15) is 0 Å². The van der Waals surface area contributed by atoms with Crippen molar-refractivity contribution in [1.29, 1.82) is 0 Å². The highest BCUT2D eigenvalue weighted by Crippen LogP contribution is 2.14. The van der Waals surface area contributed by atoms with Crippen LogP contribution in [0.25, 0.3) is 0 Å². The second-order valence-electron chi connectivity index (χ2n) is 5.82. The first-order chi connectivity index (χ1) is 11.7. The Bertz CT molecular complexity index is 698. The van der Waals surface area contributed by atoms with Gasteiger partial charge in [-0.05, 0) is 29.7 Å². The van der Waals surface area contributed by atoms with E-state index in [1.165, 1.54) is 0 Å². The molecule has 1 saturated heterocycles. The molecule has 3 rings (SSSR count). The zero-order chi connectivity index (χ0) is 16.8. The summed E-state index contributed by atoms with van der Waals surface area (Å²) < 4.78 is 0. The fourth-order valence-electron chi connectivity index (χ4n) is 2.67. The highest BCUT2D eigenvalue weighted by atomic mass is 16.6. The average molecular weight is 324 g/mol. The summed E-state index contributed by atoms with van der Waals surface area (Å²) >= 11 is 0. The Hall–Kier alpha value is -2.66. The molecule has 0 saturated carbocycles. The molecule has 0 bridgehead atoms. The number of hydroxylamine groups is 1. The minimum absolute atomic E-state index is 0.200. The first-order valence-electron chi connectivity index (χ1n) is 8.05. The number of rotatable bonds is 6. The third kappa shape index (κ3) is 4.20. The highest BCUT2D eigenvalue weighted by molar-refractivity contribution is 5.93. The van der Waals surface area contributed by atoms with Gasteiger partial charge in [0.05, 0.1) is 6.61 Å². The highest BCUT2D eigenvalue weighted by Gasteiger charge is 2.19. The summed E-state index contributed by atoms with van der Waals surface area (Å²) in [5.74, 6) is -0.0825. The van der Waals surface area contributed by atoms with Gasteiger partial charge in [0.25, 0.3) is 5.91 Å². The Balaban J connectivity index is 1.49. The van der Waals surface area contributed by atoms with Gasteiger partial charge in [0.15, 0.2) is 0 Å². The van der Waals surface area contributed by atoms with Crippen LogP contribution < -0.4 is 5.48 Å². The predicted molar refractivity (Wildman–Crippen MR) is 89.8 cm³/mol. The maximum absolute atomic E-state index is 12.0. The number of hydrogen-bond acceptors (Lipinski definition) is 3. The fraction of sp³-hybridized carbons (Fsp3) is 0.263. The Kier molecular flexibility index (Phi) is 5.23. The van der Waals surface area contributed by atoms with Crippen molar-refractivity contribution in [3.8, 4) is 0 Å². The maximum Gasteiger partial charge on any atom is 0.274 e. The molecule has 5 nitrogen and oxygen atoms in total. The normalized spacial score (nSPS) is 14.0. The molecule has 5 heteroatoms. The molecule has 2 aromatic rings. The van der Waals surface area contributed by atoms with E-state index >= 15 is 0 Å². The number of carbonyl (C=O) groups excluding carboxylic acids is 2. The van der Waals surface area contributed by atoms with Crippen LogP contribution in [-0.4, -0.2) is 23.3 Å². The molecule has 1 N–H and O–H groups in total. The topological polar surface area (TPSA) is 58.6 Å². The van der Waals surface area contributed by atoms with Crippen molar-refractivity contribution in [2.45, 2.75) is 26.0 Å². The molecule has 1 aliphatic rings. The maximum atomic E-state index is 12.0. The molecule has 2 aromatic carbocycles. The Morgan fingerprint density at radius 2 is 1.79 bits per heavy atom. The molecule has 0 aliphatic carbocycles. The van der Waals surface area contributed by atoms with Gasteiger partial charge in [-0.3, -0.25) is 14.4 Å². The molecule has 2 amide bonds. The van der Waals surface area contributed by atoms with Gasteiger partial charge in [0, 0.05) is 25.1 Å². The van der Waals surface area contributed by atoms with Crippen LogP contribution in [-0.2, 0) is 22.8 Å². The molecule has 0 aromatic heterocycles. The molecule has 0 spiro atoms. The van der Waals surface area contributed by atoms with E-state index in [1.54, 1.807) is 12.1 Å². The number of carbonyl (C=O) groups is 2. The van der Waals surface area contributed by atoms with E-state index in [0.29, 0.717) is 25.1 Å². The van der Waals surface area contributed by atoms with E-state index < -0.39 is 0 Å². The van der Waals surface area contributed by atoms with Crippen molar-refractivity contribution in [3.63, 3.8) is 0 Å². The van der Waals surface area contributed by atoms with Gasteiger partial charge in [-0.1, -0.05) is 42.5 Å². The second-order valence-corrected chi connectivity index (χ2v) is 5.82. The fourth-order valence-corrected chi connectivity index (χ4v) is 2.67. The lowest BCUT2D eigenvalue weighted by atomic mass is 10.1. The zero-order valence-corrected chi connectivity index (χ0v) is 13.4. The molecule has 124 valence electrons. The van der Waals surface area contributed by atoms with Gasteiger partial charge in [0.1, 0.15) is 0 Å². The number of benzene rings is 2. The molecule has 0 radical (unpaired) electrons. The largest absolute Gasteiger partial charge is 0.338 e. The molecular weight excluding hydrogens is 304 g/mol. The van der Waals surface area contributed by atoms with Gasteiger partial charge >= 0.3 is 0 Å². The number of likely N-dealkylation sites (tertiary alicyclic amines) is 1. The smallest absolute Gasteiger partial charge is 0.274 e. The Morgan fingerprint density at radius 1 is 1.04 bits per heavy atom. The van der Waals surface area contributed by atoms with Gasteiger partial charge in [-0.15, -0.1) is 0 Å². The molecule has 24 heavy (non-hydrogen) atoms. The Morgan fingerprint density at radius 3 is 2.46 bits per heavy atom. The summed E-state index contributed by atoms with van der Waals surface area (Å²) in [5.41, 5.74) is 4.98. The van der Waals surface area contributed by atoms with Crippen molar-refractivity contribution in [1.82, 2.24) is 10.4 Å². The number of amides is 2. The molecular formula is C19H20N2O3. The minimum atomic E-state index is -0.283. The van der Waals surface area contributed by atoms with E-state index in [0.717, 1.165) is 24.1 Å². The van der Waals surface area contributed by atoms with Crippen molar-refractivity contribution >= 4 is 11.8 Å². The van der Waals surface area contributed by atoms with Crippen LogP contribution in [0.5, 0.6) is 0 Å². The van der Waals surface area contributed by atoms with Crippen LogP contribution >= 0.6 is 0 Å². The van der Waals surface area contributed by atoms with Crippen molar-refractivity contribution in [2.75, 3.05) is 6.54 Å². The van der Waals surface area contributed by atoms with Gasteiger partial charge < -0.3 is 4.90 Å². The SMILES string of the molecule is O=C(NOCc1ccccc1)c1ccc(CN2CCCC2=O)cc1. The zero-order valence-electron chi connectivity index (χ0n) is 13.4. The number of hydrogen-bond donors (Lipinski definition) is 1.